The highest BCUT2D eigenvalue weighted by atomic mass is 35.5. The van der Waals surface area contributed by atoms with E-state index < -0.39 is 0 Å². The summed E-state index contributed by atoms with van der Waals surface area (Å²) in [5.41, 5.74) is 1.50. The minimum Gasteiger partial charge on any atom is -0.463 e. The Hall–Kier alpha value is -2.42. The molecule has 0 aromatic carbocycles. The summed E-state index contributed by atoms with van der Waals surface area (Å²) >= 11 is 8.53. The van der Waals surface area contributed by atoms with Gasteiger partial charge in [0, 0.05) is 11.4 Å². The predicted molar refractivity (Wildman–Crippen MR) is 99.0 cm³/mol. The minimum atomic E-state index is -0.235. The fourth-order valence-electron chi connectivity index (χ4n) is 2.25. The van der Waals surface area contributed by atoms with E-state index in [1.165, 1.54) is 22.7 Å². The maximum Gasteiger partial charge on any atom is 0.266 e. The average molecular weight is 391 g/mol. The van der Waals surface area contributed by atoms with Crippen molar-refractivity contribution in [2.45, 2.75) is 6.92 Å². The second-order valence-electron chi connectivity index (χ2n) is 5.13. The van der Waals surface area contributed by atoms with Crippen molar-refractivity contribution < 1.29 is 9.21 Å². The van der Waals surface area contributed by atoms with Crippen LogP contribution in [-0.2, 0) is 0 Å². The van der Waals surface area contributed by atoms with Crippen LogP contribution >= 0.6 is 34.3 Å². The van der Waals surface area contributed by atoms with E-state index in [1.54, 1.807) is 29.1 Å². The number of nitrogens with one attached hydrogen (secondary N) is 1. The normalized spacial score (nSPS) is 11.0. The van der Waals surface area contributed by atoms with Crippen LogP contribution in [0.15, 0.2) is 46.4 Å². The number of furan rings is 1. The minimum absolute atomic E-state index is 0.235. The molecular weight excluding hydrogens is 380 g/mol. The molecule has 0 unspecified atom stereocenters. The fourth-order valence-corrected chi connectivity index (χ4v) is 3.96. The van der Waals surface area contributed by atoms with Gasteiger partial charge in [0.05, 0.1) is 21.2 Å². The van der Waals surface area contributed by atoms with Crippen LogP contribution in [0.1, 0.15) is 15.4 Å². The summed E-state index contributed by atoms with van der Waals surface area (Å²) in [6.07, 6.45) is 1.60. The van der Waals surface area contributed by atoms with E-state index in [9.17, 15) is 4.79 Å². The van der Waals surface area contributed by atoms with Gasteiger partial charge in [0.25, 0.3) is 5.91 Å². The number of thiazole rings is 1. The van der Waals surface area contributed by atoms with E-state index in [0.29, 0.717) is 25.9 Å². The van der Waals surface area contributed by atoms with Crippen LogP contribution in [0.4, 0.5) is 5.82 Å². The Kier molecular flexibility index (Phi) is 4.16. The summed E-state index contributed by atoms with van der Waals surface area (Å²) in [6, 6.07) is 8.83. The van der Waals surface area contributed by atoms with Crippen LogP contribution in [-0.4, -0.2) is 20.7 Å². The molecule has 0 atom stereocenters. The number of nitrogens with zero attached hydrogens (tertiary/aromatic N) is 3. The van der Waals surface area contributed by atoms with Gasteiger partial charge in [-0.2, -0.15) is 9.78 Å². The Morgan fingerprint density at radius 1 is 1.36 bits per heavy atom. The van der Waals surface area contributed by atoms with Crippen LogP contribution in [0.2, 0.25) is 4.34 Å². The van der Waals surface area contributed by atoms with Gasteiger partial charge in [0.15, 0.2) is 5.76 Å². The molecule has 0 aliphatic carbocycles. The van der Waals surface area contributed by atoms with Gasteiger partial charge in [-0.05, 0) is 31.2 Å². The number of hydrogen-bond donors (Lipinski definition) is 1. The molecular formula is C16H11ClN4O2S2. The molecule has 0 saturated carbocycles. The number of amides is 1. The quantitative estimate of drug-likeness (QED) is 0.539. The first-order chi connectivity index (χ1) is 12.1. The molecule has 1 amide bonds. The van der Waals surface area contributed by atoms with E-state index in [-0.39, 0.29) is 5.91 Å². The number of hydrogen-bond acceptors (Lipinski definition) is 6. The largest absolute Gasteiger partial charge is 0.463 e. The number of thiophene rings is 1. The molecule has 0 fully saturated rings. The summed E-state index contributed by atoms with van der Waals surface area (Å²) in [6.45, 7) is 1.86. The number of carbonyl (C=O) groups excluding carboxylic acids is 1. The fraction of sp³-hybridized carbons (Fsp3) is 0.0625. The number of aryl methyl sites for hydroxylation is 1. The number of anilines is 1. The van der Waals surface area contributed by atoms with Gasteiger partial charge >= 0.3 is 0 Å². The molecule has 0 saturated heterocycles. The Labute approximate surface area is 155 Å². The maximum absolute atomic E-state index is 12.4. The van der Waals surface area contributed by atoms with Crippen molar-refractivity contribution >= 4 is 46.0 Å². The van der Waals surface area contributed by atoms with E-state index in [4.69, 9.17) is 16.0 Å². The van der Waals surface area contributed by atoms with E-state index in [0.717, 1.165) is 11.4 Å². The molecule has 9 heteroatoms. The van der Waals surface area contributed by atoms with Crippen molar-refractivity contribution in [3.8, 4) is 16.6 Å². The van der Waals surface area contributed by atoms with E-state index >= 15 is 0 Å². The Balaban J connectivity index is 1.64. The molecule has 6 nitrogen and oxygen atoms in total. The van der Waals surface area contributed by atoms with Crippen molar-refractivity contribution in [1.29, 1.82) is 0 Å². The summed E-state index contributed by atoms with van der Waals surface area (Å²) in [5, 5.41) is 9.81. The number of halogens is 1. The topological polar surface area (TPSA) is 73.0 Å². The molecule has 0 spiro atoms. The van der Waals surface area contributed by atoms with Gasteiger partial charge in [-0.15, -0.1) is 22.7 Å². The standard InChI is InChI=1S/C16H11ClN4O2S2/c1-9-7-14(19-15(22)12-4-5-13(17)25-12)21(20-9)16-18-10(8-24-16)11-3-2-6-23-11/h2-8H,1H3,(H,19,22). The number of carbonyl (C=O) groups is 1. The first-order valence-electron chi connectivity index (χ1n) is 7.23. The smallest absolute Gasteiger partial charge is 0.266 e. The first kappa shape index (κ1) is 16.1. The lowest BCUT2D eigenvalue weighted by Gasteiger charge is -2.05. The Morgan fingerprint density at radius 2 is 2.24 bits per heavy atom. The average Bonchev–Trinajstić information content (AvgIpc) is 3.33. The van der Waals surface area contributed by atoms with Crippen LogP contribution in [0, 0.1) is 6.92 Å². The third kappa shape index (κ3) is 3.23. The zero-order chi connectivity index (χ0) is 17.4. The molecule has 0 bridgehead atoms. The third-order valence-corrected chi connectivity index (χ3v) is 5.36. The summed E-state index contributed by atoms with van der Waals surface area (Å²) in [4.78, 5) is 17.4. The van der Waals surface area contributed by atoms with Crippen LogP contribution < -0.4 is 5.32 Å². The van der Waals surface area contributed by atoms with Gasteiger partial charge in [0.2, 0.25) is 5.13 Å². The molecule has 4 aromatic heterocycles. The second kappa shape index (κ2) is 6.47. The lowest BCUT2D eigenvalue weighted by atomic mass is 10.4. The highest BCUT2D eigenvalue weighted by Gasteiger charge is 2.16. The Morgan fingerprint density at radius 3 is 2.96 bits per heavy atom. The van der Waals surface area contributed by atoms with Gasteiger partial charge < -0.3 is 9.73 Å². The zero-order valence-corrected chi connectivity index (χ0v) is 15.3. The van der Waals surface area contributed by atoms with Crippen molar-refractivity contribution in [1.82, 2.24) is 14.8 Å². The van der Waals surface area contributed by atoms with Gasteiger partial charge in [0.1, 0.15) is 11.5 Å². The van der Waals surface area contributed by atoms with Crippen molar-refractivity contribution in [3.63, 3.8) is 0 Å². The number of rotatable bonds is 4. The SMILES string of the molecule is Cc1cc(NC(=O)c2ccc(Cl)s2)n(-c2nc(-c3ccco3)cs2)n1. The molecule has 0 aliphatic rings. The maximum atomic E-state index is 12.4. The van der Waals surface area contributed by atoms with Crippen molar-refractivity contribution in [2.75, 3.05) is 5.32 Å². The van der Waals surface area contributed by atoms with Gasteiger partial charge in [-0.25, -0.2) is 4.98 Å². The summed E-state index contributed by atoms with van der Waals surface area (Å²) < 4.78 is 7.54. The monoisotopic (exact) mass is 390 g/mol. The summed E-state index contributed by atoms with van der Waals surface area (Å²) in [5.74, 6) is 0.999. The molecule has 0 radical (unpaired) electrons. The molecule has 4 aromatic rings. The molecule has 1 N–H and O–H groups in total. The third-order valence-electron chi connectivity index (χ3n) is 3.32. The molecule has 4 rings (SSSR count). The highest BCUT2D eigenvalue weighted by Crippen LogP contribution is 2.27. The number of aromatic nitrogens is 3. The van der Waals surface area contributed by atoms with Crippen LogP contribution in [0.25, 0.3) is 16.6 Å². The molecule has 126 valence electrons. The van der Waals surface area contributed by atoms with Crippen molar-refractivity contribution in [2.24, 2.45) is 0 Å². The van der Waals surface area contributed by atoms with Gasteiger partial charge in [-0.1, -0.05) is 11.6 Å². The van der Waals surface area contributed by atoms with E-state index in [1.807, 2.05) is 24.4 Å². The first-order valence-corrected chi connectivity index (χ1v) is 9.31. The lowest BCUT2D eigenvalue weighted by Crippen LogP contribution is -2.13. The van der Waals surface area contributed by atoms with E-state index in [2.05, 4.69) is 15.4 Å². The molecule has 25 heavy (non-hydrogen) atoms. The lowest BCUT2D eigenvalue weighted by molar-refractivity contribution is 0.103. The second-order valence-corrected chi connectivity index (χ2v) is 7.68. The van der Waals surface area contributed by atoms with Crippen LogP contribution in [0.5, 0.6) is 0 Å². The Bertz CT molecular complexity index is 1030. The van der Waals surface area contributed by atoms with Crippen LogP contribution in [0.3, 0.4) is 0 Å². The van der Waals surface area contributed by atoms with Crippen molar-refractivity contribution in [3.05, 3.63) is 56.9 Å². The highest BCUT2D eigenvalue weighted by molar-refractivity contribution is 7.18. The van der Waals surface area contributed by atoms with Gasteiger partial charge in [-0.3, -0.25) is 4.79 Å². The molecule has 4 heterocycles. The predicted octanol–water partition coefficient (Wildman–Crippen LogP) is 4.86. The molecule has 0 aliphatic heterocycles. The zero-order valence-electron chi connectivity index (χ0n) is 12.9. The summed E-state index contributed by atoms with van der Waals surface area (Å²) in [7, 11) is 0.